The van der Waals surface area contributed by atoms with Gasteiger partial charge in [-0.05, 0) is 42.0 Å². The Labute approximate surface area is 140 Å². The van der Waals surface area contributed by atoms with E-state index in [-0.39, 0.29) is 0 Å². The van der Waals surface area contributed by atoms with Gasteiger partial charge >= 0.3 is 0 Å². The van der Waals surface area contributed by atoms with E-state index >= 15 is 0 Å². The smallest absolute Gasteiger partial charge is 0.160 e. The van der Waals surface area contributed by atoms with E-state index in [1.807, 2.05) is 48.5 Å². The molecule has 0 aliphatic heterocycles. The summed E-state index contributed by atoms with van der Waals surface area (Å²) >= 11 is 0. The molecule has 2 aromatic heterocycles. The van der Waals surface area contributed by atoms with Gasteiger partial charge < -0.3 is 4.57 Å². The van der Waals surface area contributed by atoms with E-state index in [1.165, 1.54) is 5.56 Å². The molecule has 3 heteroatoms. The lowest BCUT2D eigenvalue weighted by Crippen LogP contribution is -2.03. The van der Waals surface area contributed by atoms with Gasteiger partial charge in [0.25, 0.3) is 0 Å². The fourth-order valence-corrected chi connectivity index (χ4v) is 2.82. The number of imidazole rings is 1. The van der Waals surface area contributed by atoms with Crippen LogP contribution in [0.1, 0.15) is 11.1 Å². The number of aromatic nitrogens is 3. The summed E-state index contributed by atoms with van der Waals surface area (Å²) in [6.45, 7) is 0.720. The zero-order chi connectivity index (χ0) is 16.4. The lowest BCUT2D eigenvalue weighted by molar-refractivity contribution is 0.830. The van der Waals surface area contributed by atoms with Gasteiger partial charge in [0, 0.05) is 18.3 Å². The number of pyridine rings is 1. The van der Waals surface area contributed by atoms with Gasteiger partial charge in [-0.25, -0.2) is 4.98 Å². The second kappa shape index (κ2) is 6.02. The lowest BCUT2D eigenvalue weighted by atomic mass is 10.1. The zero-order valence-corrected chi connectivity index (χ0v) is 13.1. The first kappa shape index (κ1) is 14.2. The fraction of sp³-hybridized carbons (Fsp3) is 0.0476. The summed E-state index contributed by atoms with van der Waals surface area (Å²) in [7, 11) is 0. The highest BCUT2D eigenvalue weighted by molar-refractivity contribution is 5.80. The second-order valence-corrected chi connectivity index (χ2v) is 5.57. The molecule has 24 heavy (non-hydrogen) atoms. The molecular weight excluding hydrogens is 294 g/mol. The van der Waals surface area contributed by atoms with Gasteiger partial charge in [0.15, 0.2) is 5.82 Å². The van der Waals surface area contributed by atoms with Crippen molar-refractivity contribution >= 4 is 11.0 Å². The molecule has 4 rings (SSSR count). The first-order valence-electron chi connectivity index (χ1n) is 7.77. The number of nitrogens with zero attached hydrogens (tertiary/aromatic N) is 3. The van der Waals surface area contributed by atoms with Gasteiger partial charge in [0.1, 0.15) is 5.69 Å². The fourth-order valence-electron chi connectivity index (χ4n) is 2.82. The molecule has 0 unspecified atom stereocenters. The van der Waals surface area contributed by atoms with Crippen molar-refractivity contribution in [3.8, 4) is 23.9 Å². The molecule has 0 saturated heterocycles. The number of terminal acetylenes is 1. The van der Waals surface area contributed by atoms with E-state index in [4.69, 9.17) is 11.4 Å². The monoisotopic (exact) mass is 309 g/mol. The molecule has 0 spiro atoms. The molecular formula is C21H15N3. The highest BCUT2D eigenvalue weighted by Gasteiger charge is 2.13. The molecule has 0 bridgehead atoms. The minimum atomic E-state index is 0.720. The number of rotatable bonds is 3. The van der Waals surface area contributed by atoms with E-state index in [0.29, 0.717) is 0 Å². The average Bonchev–Trinajstić information content (AvgIpc) is 3.02. The van der Waals surface area contributed by atoms with Crippen LogP contribution in [-0.4, -0.2) is 14.5 Å². The molecule has 0 N–H and O–H groups in total. The van der Waals surface area contributed by atoms with Crippen LogP contribution in [0.25, 0.3) is 22.6 Å². The van der Waals surface area contributed by atoms with Crippen molar-refractivity contribution in [1.29, 1.82) is 0 Å². The van der Waals surface area contributed by atoms with Crippen LogP contribution < -0.4 is 0 Å². The molecule has 114 valence electrons. The van der Waals surface area contributed by atoms with E-state index < -0.39 is 0 Å². The van der Waals surface area contributed by atoms with Crippen LogP contribution >= 0.6 is 0 Å². The van der Waals surface area contributed by atoms with E-state index in [0.717, 1.165) is 34.7 Å². The minimum Gasteiger partial charge on any atom is -0.318 e. The summed E-state index contributed by atoms with van der Waals surface area (Å²) in [6, 6.07) is 22.1. The Hall–Kier alpha value is -3.38. The highest BCUT2D eigenvalue weighted by atomic mass is 15.1. The quantitative estimate of drug-likeness (QED) is 0.533. The molecule has 2 aromatic carbocycles. The van der Waals surface area contributed by atoms with Crippen molar-refractivity contribution in [3.63, 3.8) is 0 Å². The van der Waals surface area contributed by atoms with E-state index in [2.05, 4.69) is 33.7 Å². The third-order valence-electron chi connectivity index (χ3n) is 4.01. The SMILES string of the molecule is C#Cc1ccc(Cn2c(-c3ccccn3)nc3ccccc32)cc1. The standard InChI is InChI=1S/C21H15N3/c1-2-16-10-12-17(13-11-16)15-24-20-9-4-3-7-18(20)23-21(24)19-8-5-6-14-22-19/h1,3-14H,15H2. The molecule has 0 saturated carbocycles. The average molecular weight is 309 g/mol. The summed E-state index contributed by atoms with van der Waals surface area (Å²) in [5, 5.41) is 0. The van der Waals surface area contributed by atoms with Gasteiger partial charge in [0.2, 0.25) is 0 Å². The first-order valence-corrected chi connectivity index (χ1v) is 7.77. The third kappa shape index (κ3) is 2.55. The molecule has 0 amide bonds. The Kier molecular flexibility index (Phi) is 3.57. The number of hydrogen-bond donors (Lipinski definition) is 0. The topological polar surface area (TPSA) is 30.7 Å². The molecule has 2 heterocycles. The summed E-state index contributed by atoms with van der Waals surface area (Å²) in [5.41, 5.74) is 5.00. The van der Waals surface area contributed by atoms with Gasteiger partial charge in [-0.1, -0.05) is 36.3 Å². The van der Waals surface area contributed by atoms with E-state index in [1.54, 1.807) is 6.20 Å². The summed E-state index contributed by atoms with van der Waals surface area (Å²) in [6.07, 6.45) is 7.23. The minimum absolute atomic E-state index is 0.720. The molecule has 4 aromatic rings. The van der Waals surface area contributed by atoms with Gasteiger partial charge in [-0.3, -0.25) is 4.98 Å². The van der Waals surface area contributed by atoms with Crippen LogP contribution in [0, 0.1) is 12.3 Å². The third-order valence-corrected chi connectivity index (χ3v) is 4.01. The number of benzene rings is 2. The predicted octanol–water partition coefficient (Wildman–Crippen LogP) is 4.13. The molecule has 3 nitrogen and oxygen atoms in total. The normalized spacial score (nSPS) is 10.6. The molecule has 0 fully saturated rings. The van der Waals surface area contributed by atoms with Crippen molar-refractivity contribution in [2.75, 3.05) is 0 Å². The largest absolute Gasteiger partial charge is 0.318 e. The Morgan fingerprint density at radius 3 is 2.46 bits per heavy atom. The molecule has 0 atom stereocenters. The number of hydrogen-bond acceptors (Lipinski definition) is 2. The predicted molar refractivity (Wildman–Crippen MR) is 96.4 cm³/mol. The van der Waals surface area contributed by atoms with Gasteiger partial charge in [-0.2, -0.15) is 0 Å². The van der Waals surface area contributed by atoms with Crippen LogP contribution in [-0.2, 0) is 6.54 Å². The molecule has 0 radical (unpaired) electrons. The van der Waals surface area contributed by atoms with Gasteiger partial charge in [-0.15, -0.1) is 6.42 Å². The van der Waals surface area contributed by atoms with Gasteiger partial charge in [0.05, 0.1) is 11.0 Å². The Morgan fingerprint density at radius 1 is 0.917 bits per heavy atom. The zero-order valence-electron chi connectivity index (χ0n) is 13.1. The highest BCUT2D eigenvalue weighted by Crippen LogP contribution is 2.24. The Balaban J connectivity index is 1.84. The maximum atomic E-state index is 5.44. The maximum Gasteiger partial charge on any atom is 0.160 e. The van der Waals surface area contributed by atoms with Crippen LogP contribution in [0.3, 0.4) is 0 Å². The first-order chi connectivity index (χ1) is 11.8. The van der Waals surface area contributed by atoms with Crippen molar-refractivity contribution in [2.45, 2.75) is 6.54 Å². The Bertz CT molecular complexity index is 1020. The second-order valence-electron chi connectivity index (χ2n) is 5.57. The summed E-state index contributed by atoms with van der Waals surface area (Å²) in [4.78, 5) is 9.24. The molecule has 0 aliphatic rings. The maximum absolute atomic E-state index is 5.44. The van der Waals surface area contributed by atoms with Crippen LogP contribution in [0.5, 0.6) is 0 Å². The van der Waals surface area contributed by atoms with E-state index in [9.17, 15) is 0 Å². The van der Waals surface area contributed by atoms with Crippen molar-refractivity contribution < 1.29 is 0 Å². The number of fused-ring (bicyclic) bond motifs is 1. The van der Waals surface area contributed by atoms with Crippen LogP contribution in [0.15, 0.2) is 72.9 Å². The summed E-state index contributed by atoms with van der Waals surface area (Å²) < 4.78 is 2.20. The van der Waals surface area contributed by atoms with Crippen molar-refractivity contribution in [2.24, 2.45) is 0 Å². The van der Waals surface area contributed by atoms with Crippen molar-refractivity contribution in [1.82, 2.24) is 14.5 Å². The number of para-hydroxylation sites is 2. The molecule has 0 aliphatic carbocycles. The van der Waals surface area contributed by atoms with Crippen molar-refractivity contribution in [3.05, 3.63) is 84.1 Å². The lowest BCUT2D eigenvalue weighted by Gasteiger charge is -2.09. The summed E-state index contributed by atoms with van der Waals surface area (Å²) in [5.74, 6) is 3.52. The Morgan fingerprint density at radius 2 is 1.71 bits per heavy atom. The van der Waals surface area contributed by atoms with Crippen LogP contribution in [0.4, 0.5) is 0 Å². The van der Waals surface area contributed by atoms with Crippen LogP contribution in [0.2, 0.25) is 0 Å².